The smallest absolute Gasteiger partial charge is 0.129 e. The van der Waals surface area contributed by atoms with Crippen LogP contribution in [0.25, 0.3) is 0 Å². The second kappa shape index (κ2) is 9.16. The van der Waals surface area contributed by atoms with Gasteiger partial charge in [0.25, 0.3) is 0 Å². The van der Waals surface area contributed by atoms with E-state index in [2.05, 4.69) is 30.9 Å². The summed E-state index contributed by atoms with van der Waals surface area (Å²) in [4.78, 5) is 6.97. The molecule has 0 aromatic carbocycles. The first-order valence-electron chi connectivity index (χ1n) is 7.13. The Labute approximate surface area is 121 Å². The molecule has 1 aromatic rings. The topological polar surface area (TPSA) is 25.4 Å². The van der Waals surface area contributed by atoms with Gasteiger partial charge >= 0.3 is 0 Å². The lowest BCUT2D eigenvalue weighted by molar-refractivity contribution is 0.154. The molecule has 1 heterocycles. The maximum Gasteiger partial charge on any atom is 0.129 e. The number of anilines is 1. The Morgan fingerprint density at radius 1 is 1.26 bits per heavy atom. The standard InChI is InChI=1S/C15H25ClN2O/c1-4-7-14-10-13(12-16)11-15(17-14)18(5-2)8-9-19-6-3/h10-11H,4-9,12H2,1-3H3. The van der Waals surface area contributed by atoms with Crippen molar-refractivity contribution in [3.63, 3.8) is 0 Å². The molecule has 1 aromatic heterocycles. The molecule has 19 heavy (non-hydrogen) atoms. The Morgan fingerprint density at radius 2 is 2.05 bits per heavy atom. The molecule has 3 nitrogen and oxygen atoms in total. The second-order valence-corrected chi connectivity index (χ2v) is 4.75. The van der Waals surface area contributed by atoms with E-state index in [-0.39, 0.29) is 0 Å². The zero-order chi connectivity index (χ0) is 14.1. The summed E-state index contributed by atoms with van der Waals surface area (Å²) >= 11 is 5.97. The number of likely N-dealkylation sites (N-methyl/N-ethyl adjacent to an activating group) is 1. The molecule has 0 fully saturated rings. The molecule has 0 radical (unpaired) electrons. The summed E-state index contributed by atoms with van der Waals surface area (Å²) in [5.74, 6) is 1.55. The molecule has 0 saturated carbocycles. The van der Waals surface area contributed by atoms with E-state index in [4.69, 9.17) is 21.3 Å². The van der Waals surface area contributed by atoms with Gasteiger partial charge in [-0.25, -0.2) is 4.98 Å². The third-order valence-corrected chi connectivity index (χ3v) is 3.31. The molecule has 0 atom stereocenters. The third-order valence-electron chi connectivity index (χ3n) is 3.00. The van der Waals surface area contributed by atoms with Gasteiger partial charge in [0.2, 0.25) is 0 Å². The van der Waals surface area contributed by atoms with Crippen molar-refractivity contribution in [1.29, 1.82) is 0 Å². The highest BCUT2D eigenvalue weighted by molar-refractivity contribution is 6.17. The molecule has 0 unspecified atom stereocenters. The summed E-state index contributed by atoms with van der Waals surface area (Å²) < 4.78 is 5.43. The number of aromatic nitrogens is 1. The normalized spacial score (nSPS) is 10.7. The lowest BCUT2D eigenvalue weighted by Crippen LogP contribution is -2.28. The van der Waals surface area contributed by atoms with Gasteiger partial charge in [-0.15, -0.1) is 11.6 Å². The number of rotatable bonds is 9. The van der Waals surface area contributed by atoms with Gasteiger partial charge in [0.15, 0.2) is 0 Å². The first-order valence-corrected chi connectivity index (χ1v) is 7.67. The zero-order valence-corrected chi connectivity index (χ0v) is 13.0. The van der Waals surface area contributed by atoms with Gasteiger partial charge in [0.1, 0.15) is 5.82 Å². The molecule has 0 spiro atoms. The Balaban J connectivity index is 2.84. The van der Waals surface area contributed by atoms with Crippen molar-refractivity contribution in [2.24, 2.45) is 0 Å². The maximum absolute atomic E-state index is 5.97. The fourth-order valence-electron chi connectivity index (χ4n) is 2.01. The van der Waals surface area contributed by atoms with Crippen LogP contribution in [0.15, 0.2) is 12.1 Å². The highest BCUT2D eigenvalue weighted by atomic mass is 35.5. The van der Waals surface area contributed by atoms with E-state index in [1.807, 2.05) is 6.92 Å². The molecule has 0 amide bonds. The van der Waals surface area contributed by atoms with Crippen LogP contribution in [0.5, 0.6) is 0 Å². The van der Waals surface area contributed by atoms with Gasteiger partial charge in [-0.1, -0.05) is 13.3 Å². The number of halogens is 1. The lowest BCUT2D eigenvalue weighted by atomic mass is 10.1. The molecule has 108 valence electrons. The summed E-state index contributed by atoms with van der Waals surface area (Å²) in [6.07, 6.45) is 2.10. The van der Waals surface area contributed by atoms with Crippen LogP contribution in [-0.4, -0.2) is 31.3 Å². The first kappa shape index (κ1) is 16.3. The number of hydrogen-bond donors (Lipinski definition) is 0. The van der Waals surface area contributed by atoms with Crippen LogP contribution in [0.3, 0.4) is 0 Å². The van der Waals surface area contributed by atoms with Crippen molar-refractivity contribution >= 4 is 17.4 Å². The summed E-state index contributed by atoms with van der Waals surface area (Å²) in [5, 5.41) is 0. The molecule has 0 saturated heterocycles. The van der Waals surface area contributed by atoms with Gasteiger partial charge in [0.05, 0.1) is 6.61 Å². The molecule has 0 aliphatic rings. The van der Waals surface area contributed by atoms with Crippen LogP contribution < -0.4 is 4.90 Å². The van der Waals surface area contributed by atoms with E-state index in [0.717, 1.165) is 56.2 Å². The number of pyridine rings is 1. The SMILES string of the molecule is CCCc1cc(CCl)cc(N(CC)CCOCC)n1. The number of nitrogens with zero attached hydrogens (tertiary/aromatic N) is 2. The monoisotopic (exact) mass is 284 g/mol. The van der Waals surface area contributed by atoms with Crippen molar-refractivity contribution in [1.82, 2.24) is 4.98 Å². The quantitative estimate of drug-likeness (QED) is 0.511. The van der Waals surface area contributed by atoms with Crippen LogP contribution in [0.4, 0.5) is 5.82 Å². The number of aryl methyl sites for hydroxylation is 1. The number of ether oxygens (including phenoxy) is 1. The van der Waals surface area contributed by atoms with E-state index in [1.54, 1.807) is 0 Å². The van der Waals surface area contributed by atoms with Crippen molar-refractivity contribution in [3.8, 4) is 0 Å². The highest BCUT2D eigenvalue weighted by Crippen LogP contribution is 2.17. The number of hydrogen-bond acceptors (Lipinski definition) is 3. The van der Waals surface area contributed by atoms with Crippen LogP contribution in [0.2, 0.25) is 0 Å². The lowest BCUT2D eigenvalue weighted by Gasteiger charge is -2.23. The predicted molar refractivity (Wildman–Crippen MR) is 82.2 cm³/mol. The fraction of sp³-hybridized carbons (Fsp3) is 0.667. The van der Waals surface area contributed by atoms with E-state index < -0.39 is 0 Å². The van der Waals surface area contributed by atoms with Crippen LogP contribution in [0, 0.1) is 0 Å². The Hall–Kier alpha value is -0.800. The second-order valence-electron chi connectivity index (χ2n) is 4.49. The van der Waals surface area contributed by atoms with Crippen molar-refractivity contribution in [2.75, 3.05) is 31.2 Å². The molecular weight excluding hydrogens is 260 g/mol. The number of alkyl halides is 1. The van der Waals surface area contributed by atoms with E-state index in [1.165, 1.54) is 0 Å². The first-order chi connectivity index (χ1) is 9.24. The van der Waals surface area contributed by atoms with Gasteiger partial charge in [-0.2, -0.15) is 0 Å². The van der Waals surface area contributed by atoms with E-state index in [9.17, 15) is 0 Å². The molecule has 0 N–H and O–H groups in total. The average Bonchev–Trinajstić information content (AvgIpc) is 2.43. The van der Waals surface area contributed by atoms with Crippen LogP contribution >= 0.6 is 11.6 Å². The molecule has 1 rings (SSSR count). The predicted octanol–water partition coefficient (Wildman–Crippen LogP) is 3.64. The van der Waals surface area contributed by atoms with Crippen LogP contribution in [0.1, 0.15) is 38.4 Å². The van der Waals surface area contributed by atoms with Gasteiger partial charge in [-0.05, 0) is 38.0 Å². The van der Waals surface area contributed by atoms with Gasteiger partial charge in [-0.3, -0.25) is 0 Å². The third kappa shape index (κ3) is 5.37. The molecule has 0 bridgehead atoms. The molecular formula is C15H25ClN2O. The minimum Gasteiger partial charge on any atom is -0.380 e. The van der Waals surface area contributed by atoms with Crippen LogP contribution in [-0.2, 0) is 17.0 Å². The van der Waals surface area contributed by atoms with Gasteiger partial charge in [0, 0.05) is 31.3 Å². The average molecular weight is 285 g/mol. The minimum atomic E-state index is 0.537. The summed E-state index contributed by atoms with van der Waals surface area (Å²) in [6.45, 7) is 9.62. The zero-order valence-electron chi connectivity index (χ0n) is 12.3. The summed E-state index contributed by atoms with van der Waals surface area (Å²) in [7, 11) is 0. The van der Waals surface area contributed by atoms with E-state index in [0.29, 0.717) is 5.88 Å². The molecule has 4 heteroatoms. The largest absolute Gasteiger partial charge is 0.380 e. The Bertz CT molecular complexity index is 371. The van der Waals surface area contributed by atoms with Crippen molar-refractivity contribution in [3.05, 3.63) is 23.4 Å². The Kier molecular flexibility index (Phi) is 7.84. The maximum atomic E-state index is 5.97. The summed E-state index contributed by atoms with van der Waals surface area (Å²) in [5.41, 5.74) is 2.27. The van der Waals surface area contributed by atoms with Crippen molar-refractivity contribution < 1.29 is 4.74 Å². The minimum absolute atomic E-state index is 0.537. The fourth-order valence-corrected chi connectivity index (χ4v) is 2.16. The van der Waals surface area contributed by atoms with E-state index >= 15 is 0 Å². The highest BCUT2D eigenvalue weighted by Gasteiger charge is 2.09. The van der Waals surface area contributed by atoms with Crippen molar-refractivity contribution in [2.45, 2.75) is 39.5 Å². The Morgan fingerprint density at radius 3 is 2.63 bits per heavy atom. The summed E-state index contributed by atoms with van der Waals surface area (Å²) in [6, 6.07) is 4.19. The molecule has 0 aliphatic carbocycles. The molecule has 0 aliphatic heterocycles. The van der Waals surface area contributed by atoms with Gasteiger partial charge < -0.3 is 9.64 Å².